The zero-order valence-corrected chi connectivity index (χ0v) is 28.3. The van der Waals surface area contributed by atoms with Gasteiger partial charge in [0.25, 0.3) is 0 Å². The second-order valence-corrected chi connectivity index (χ2v) is 13.0. The fourth-order valence-electron chi connectivity index (χ4n) is 4.72. The standard InChI is InChI=1S/C19H33NO5.C10H15NO3.C4H6O2/c1-7-13(12-19(5,6)17(23)24)15(21)20-10-8-14(9-11-20)16(22)25-18(2,3)4;1-3-9(12)11-6-4-8(5-7-11)10(13)14-2;1-3(2)4(5)6/h13-14H,7-12H2,1-6H3,(H,23,24);3,8H,1,4-7H2,2H3;1H2,2H3,(H,5,6). The lowest BCUT2D eigenvalue weighted by Gasteiger charge is -2.35. The van der Waals surface area contributed by atoms with Crippen LogP contribution in [0.15, 0.2) is 24.8 Å². The van der Waals surface area contributed by atoms with Crippen LogP contribution in [-0.4, -0.2) is 94.6 Å². The number of hydrogen-bond acceptors (Lipinski definition) is 8. The summed E-state index contributed by atoms with van der Waals surface area (Å²) in [6.45, 7) is 21.1. The molecule has 2 rings (SSSR count). The number of piperidine rings is 2. The maximum atomic E-state index is 12.8. The number of aliphatic carboxylic acids is 2. The van der Waals surface area contributed by atoms with Crippen LogP contribution in [-0.2, 0) is 38.2 Å². The van der Waals surface area contributed by atoms with Crippen LogP contribution in [0, 0.1) is 23.2 Å². The minimum absolute atomic E-state index is 0.000497. The lowest BCUT2D eigenvalue weighted by Crippen LogP contribution is -2.45. The Morgan fingerprint density at radius 3 is 1.62 bits per heavy atom. The van der Waals surface area contributed by atoms with Crippen molar-refractivity contribution in [3.63, 3.8) is 0 Å². The topological polar surface area (TPSA) is 168 Å². The number of esters is 2. The smallest absolute Gasteiger partial charge is 0.330 e. The van der Waals surface area contributed by atoms with Crippen LogP contribution in [0.25, 0.3) is 0 Å². The Morgan fingerprint density at radius 1 is 0.867 bits per heavy atom. The van der Waals surface area contributed by atoms with Gasteiger partial charge < -0.3 is 29.5 Å². The van der Waals surface area contributed by atoms with Gasteiger partial charge in [-0.1, -0.05) is 20.1 Å². The van der Waals surface area contributed by atoms with E-state index in [0.717, 1.165) is 0 Å². The maximum Gasteiger partial charge on any atom is 0.330 e. The number of carbonyl (C=O) groups is 6. The fourth-order valence-corrected chi connectivity index (χ4v) is 4.72. The summed E-state index contributed by atoms with van der Waals surface area (Å²) in [5.74, 6) is -2.77. The molecule has 2 aliphatic heterocycles. The predicted molar refractivity (Wildman–Crippen MR) is 169 cm³/mol. The number of amides is 2. The molecule has 0 spiro atoms. The molecule has 2 heterocycles. The molecule has 2 aliphatic rings. The molecule has 12 heteroatoms. The molecule has 0 aromatic heterocycles. The number of carboxylic acids is 2. The molecular formula is C33H54N2O10. The fraction of sp³-hybridized carbons (Fsp3) is 0.697. The summed E-state index contributed by atoms with van der Waals surface area (Å²) in [5.41, 5.74) is -1.25. The normalized spacial score (nSPS) is 16.4. The SMILES string of the molecule is C=C(C)C(=O)O.C=CC(=O)N1CCC(C(=O)OC)CC1.CCC(CC(C)(C)C(=O)O)C(=O)N1CCC(C(=O)OC(C)(C)C)CC1. The highest BCUT2D eigenvalue weighted by Gasteiger charge is 2.37. The molecule has 2 saturated heterocycles. The summed E-state index contributed by atoms with van der Waals surface area (Å²) >= 11 is 0. The van der Waals surface area contributed by atoms with Crippen LogP contribution in [0.3, 0.4) is 0 Å². The van der Waals surface area contributed by atoms with E-state index in [0.29, 0.717) is 64.7 Å². The maximum absolute atomic E-state index is 12.8. The van der Waals surface area contributed by atoms with Gasteiger partial charge in [0.15, 0.2) is 0 Å². The molecule has 45 heavy (non-hydrogen) atoms. The molecule has 2 amide bonds. The quantitative estimate of drug-likeness (QED) is 0.274. The third kappa shape index (κ3) is 15.2. The van der Waals surface area contributed by atoms with Gasteiger partial charge in [-0.15, -0.1) is 0 Å². The second-order valence-electron chi connectivity index (χ2n) is 13.0. The molecule has 2 fully saturated rings. The Hall–Kier alpha value is -3.70. The number of nitrogens with zero attached hydrogens (tertiary/aromatic N) is 2. The summed E-state index contributed by atoms with van der Waals surface area (Å²) in [6.07, 6.45) is 4.81. The molecule has 1 atom stereocenters. The summed E-state index contributed by atoms with van der Waals surface area (Å²) in [4.78, 5) is 71.7. The lowest BCUT2D eigenvalue weighted by molar-refractivity contribution is -0.163. The largest absolute Gasteiger partial charge is 0.481 e. The molecule has 0 radical (unpaired) electrons. The van der Waals surface area contributed by atoms with Crippen molar-refractivity contribution in [3.05, 3.63) is 24.8 Å². The number of methoxy groups -OCH3 is 1. The number of rotatable bonds is 9. The molecule has 12 nitrogen and oxygen atoms in total. The highest BCUT2D eigenvalue weighted by atomic mass is 16.6. The first kappa shape index (κ1) is 41.3. The molecule has 0 saturated carbocycles. The van der Waals surface area contributed by atoms with Gasteiger partial charge in [0, 0.05) is 37.7 Å². The summed E-state index contributed by atoms with van der Waals surface area (Å²) in [6, 6.07) is 0. The van der Waals surface area contributed by atoms with E-state index in [4.69, 9.17) is 9.84 Å². The third-order valence-electron chi connectivity index (χ3n) is 7.61. The minimum atomic E-state index is -0.935. The van der Waals surface area contributed by atoms with Gasteiger partial charge in [-0.25, -0.2) is 4.79 Å². The van der Waals surface area contributed by atoms with E-state index in [2.05, 4.69) is 17.9 Å². The number of likely N-dealkylation sites (tertiary alicyclic amines) is 2. The van der Waals surface area contributed by atoms with Crippen LogP contribution < -0.4 is 0 Å². The third-order valence-corrected chi connectivity index (χ3v) is 7.61. The van der Waals surface area contributed by atoms with Gasteiger partial charge in [0.1, 0.15) is 5.60 Å². The molecule has 256 valence electrons. The number of ether oxygens (including phenoxy) is 2. The first-order valence-electron chi connectivity index (χ1n) is 15.3. The van der Waals surface area contributed by atoms with Crippen molar-refractivity contribution < 1.29 is 48.5 Å². The van der Waals surface area contributed by atoms with E-state index in [-0.39, 0.29) is 47.1 Å². The summed E-state index contributed by atoms with van der Waals surface area (Å²) < 4.78 is 10.1. The van der Waals surface area contributed by atoms with Gasteiger partial charge in [0.05, 0.1) is 24.4 Å². The molecular weight excluding hydrogens is 584 g/mol. The first-order chi connectivity index (χ1) is 20.7. The van der Waals surface area contributed by atoms with Crippen molar-refractivity contribution in [1.29, 1.82) is 0 Å². The number of hydrogen-bond donors (Lipinski definition) is 2. The van der Waals surface area contributed by atoms with Crippen molar-refractivity contribution >= 4 is 35.7 Å². The van der Waals surface area contributed by atoms with Gasteiger partial charge in [-0.05, 0) is 86.1 Å². The van der Waals surface area contributed by atoms with Crippen molar-refractivity contribution in [3.8, 4) is 0 Å². The minimum Gasteiger partial charge on any atom is -0.481 e. The van der Waals surface area contributed by atoms with E-state index in [1.165, 1.54) is 20.1 Å². The first-order valence-corrected chi connectivity index (χ1v) is 15.3. The second kappa shape index (κ2) is 19.0. The molecule has 0 aromatic rings. The molecule has 0 aromatic carbocycles. The molecule has 1 unspecified atom stereocenters. The molecule has 2 N–H and O–H groups in total. The van der Waals surface area contributed by atoms with Crippen molar-refractivity contribution in [2.75, 3.05) is 33.3 Å². The van der Waals surface area contributed by atoms with E-state index in [1.54, 1.807) is 23.6 Å². The summed E-state index contributed by atoms with van der Waals surface area (Å²) in [7, 11) is 1.39. The number of carbonyl (C=O) groups excluding carboxylic acids is 4. The highest BCUT2D eigenvalue weighted by molar-refractivity contribution is 5.87. The van der Waals surface area contributed by atoms with E-state index < -0.39 is 23.0 Å². The Labute approximate surface area is 267 Å². The zero-order chi connectivity index (χ0) is 35.1. The predicted octanol–water partition coefficient (Wildman–Crippen LogP) is 4.32. The van der Waals surface area contributed by atoms with Crippen molar-refractivity contribution in [1.82, 2.24) is 9.80 Å². The lowest BCUT2D eigenvalue weighted by atomic mass is 9.81. The monoisotopic (exact) mass is 638 g/mol. The van der Waals surface area contributed by atoms with Gasteiger partial charge in [-0.3, -0.25) is 24.0 Å². The van der Waals surface area contributed by atoms with Crippen LogP contribution in [0.1, 0.15) is 87.0 Å². The van der Waals surface area contributed by atoms with Gasteiger partial charge in [0.2, 0.25) is 11.8 Å². The van der Waals surface area contributed by atoms with E-state index in [9.17, 15) is 33.9 Å². The number of carboxylic acid groups (broad SMARTS) is 2. The van der Waals surface area contributed by atoms with Crippen molar-refractivity contribution in [2.24, 2.45) is 23.2 Å². The average Bonchev–Trinajstić information content (AvgIpc) is 2.98. The molecule has 0 aliphatic carbocycles. The zero-order valence-electron chi connectivity index (χ0n) is 28.3. The Morgan fingerprint density at radius 2 is 1.29 bits per heavy atom. The Balaban J connectivity index is 0.000000805. The summed E-state index contributed by atoms with van der Waals surface area (Å²) in [5, 5.41) is 17.2. The van der Waals surface area contributed by atoms with Gasteiger partial charge in [-0.2, -0.15) is 0 Å². The van der Waals surface area contributed by atoms with Crippen LogP contribution >= 0.6 is 0 Å². The molecule has 0 bridgehead atoms. The van der Waals surface area contributed by atoms with Crippen LogP contribution in [0.5, 0.6) is 0 Å². The average molecular weight is 639 g/mol. The van der Waals surface area contributed by atoms with Crippen LogP contribution in [0.4, 0.5) is 0 Å². The van der Waals surface area contributed by atoms with E-state index >= 15 is 0 Å². The van der Waals surface area contributed by atoms with Gasteiger partial charge >= 0.3 is 23.9 Å². The highest BCUT2D eigenvalue weighted by Crippen LogP contribution is 2.30. The van der Waals surface area contributed by atoms with Crippen molar-refractivity contribution in [2.45, 2.75) is 92.6 Å². The Kier molecular flexibility index (Phi) is 17.4. The Bertz CT molecular complexity index is 1050. The van der Waals surface area contributed by atoms with Crippen LogP contribution in [0.2, 0.25) is 0 Å². The van der Waals surface area contributed by atoms with E-state index in [1.807, 2.05) is 27.7 Å².